The highest BCUT2D eigenvalue weighted by Crippen LogP contribution is 2.15. The number of nitriles is 1. The minimum Gasteiger partial charge on any atom is -0.265 e. The van der Waals surface area contributed by atoms with Gasteiger partial charge in [0.2, 0.25) is 10.0 Å². The van der Waals surface area contributed by atoms with Crippen molar-refractivity contribution in [3.63, 3.8) is 0 Å². The number of hydrogen-bond acceptors (Lipinski definition) is 4. The first kappa shape index (κ1) is 15.2. The summed E-state index contributed by atoms with van der Waals surface area (Å²) in [5, 5.41) is 9.02. The molecule has 2 aromatic rings. The Hall–Kier alpha value is -2.23. The van der Waals surface area contributed by atoms with Crippen LogP contribution in [0.4, 0.5) is 0 Å². The van der Waals surface area contributed by atoms with Crippen molar-refractivity contribution in [2.45, 2.75) is 12.3 Å². The van der Waals surface area contributed by atoms with Crippen molar-refractivity contribution in [2.24, 2.45) is 0 Å². The molecule has 0 saturated heterocycles. The standard InChI is InChI=1S/C15H15N3O2S/c1-18(11-13-6-8-17-9-7-13)21(19,20)12-15-5-3-2-4-14(15)10-16/h2-9H,11-12H2,1H3. The van der Waals surface area contributed by atoms with Crippen LogP contribution in [-0.2, 0) is 22.3 Å². The van der Waals surface area contributed by atoms with Gasteiger partial charge < -0.3 is 0 Å². The lowest BCUT2D eigenvalue weighted by Gasteiger charge is -2.17. The van der Waals surface area contributed by atoms with Gasteiger partial charge in [-0.25, -0.2) is 12.7 Å². The van der Waals surface area contributed by atoms with Gasteiger partial charge in [0.1, 0.15) is 0 Å². The summed E-state index contributed by atoms with van der Waals surface area (Å²) in [6.07, 6.45) is 3.25. The third kappa shape index (κ3) is 3.88. The van der Waals surface area contributed by atoms with E-state index < -0.39 is 10.0 Å². The second-order valence-corrected chi connectivity index (χ2v) is 6.71. The van der Waals surface area contributed by atoms with Crippen LogP contribution >= 0.6 is 0 Å². The first-order valence-corrected chi connectivity index (χ1v) is 7.95. The minimum absolute atomic E-state index is 0.182. The van der Waals surface area contributed by atoms with Crippen molar-refractivity contribution in [2.75, 3.05) is 7.05 Å². The molecule has 0 unspecified atom stereocenters. The predicted molar refractivity (Wildman–Crippen MR) is 79.5 cm³/mol. The van der Waals surface area contributed by atoms with Crippen molar-refractivity contribution in [1.29, 1.82) is 5.26 Å². The molecule has 0 fully saturated rings. The number of hydrogen-bond donors (Lipinski definition) is 0. The summed E-state index contributed by atoms with van der Waals surface area (Å²) >= 11 is 0. The van der Waals surface area contributed by atoms with Crippen LogP contribution in [0.3, 0.4) is 0 Å². The molecule has 1 heterocycles. The maximum atomic E-state index is 12.4. The van der Waals surface area contributed by atoms with Gasteiger partial charge in [0.15, 0.2) is 0 Å². The first-order chi connectivity index (χ1) is 10.0. The van der Waals surface area contributed by atoms with Crippen LogP contribution in [0.1, 0.15) is 16.7 Å². The first-order valence-electron chi connectivity index (χ1n) is 6.34. The Kier molecular flexibility index (Phi) is 4.68. The molecule has 21 heavy (non-hydrogen) atoms. The summed E-state index contributed by atoms with van der Waals surface area (Å²) in [6.45, 7) is 0.277. The fourth-order valence-corrected chi connectivity index (χ4v) is 3.12. The van der Waals surface area contributed by atoms with E-state index in [9.17, 15) is 8.42 Å². The van der Waals surface area contributed by atoms with E-state index in [1.165, 1.54) is 11.4 Å². The lowest BCUT2D eigenvalue weighted by Crippen LogP contribution is -2.28. The molecule has 0 bridgehead atoms. The Morgan fingerprint density at radius 1 is 1.19 bits per heavy atom. The second-order valence-electron chi connectivity index (χ2n) is 4.64. The van der Waals surface area contributed by atoms with Crippen molar-refractivity contribution in [1.82, 2.24) is 9.29 Å². The van der Waals surface area contributed by atoms with E-state index in [1.54, 1.807) is 48.8 Å². The van der Waals surface area contributed by atoms with Gasteiger partial charge >= 0.3 is 0 Å². The molecule has 0 spiro atoms. The normalized spacial score (nSPS) is 11.3. The Bertz CT molecular complexity index is 752. The van der Waals surface area contributed by atoms with Crippen LogP contribution in [0.5, 0.6) is 0 Å². The molecular weight excluding hydrogens is 286 g/mol. The molecule has 0 aliphatic heterocycles. The van der Waals surface area contributed by atoms with Crippen LogP contribution in [0.15, 0.2) is 48.8 Å². The quantitative estimate of drug-likeness (QED) is 0.845. The number of aromatic nitrogens is 1. The van der Waals surface area contributed by atoms with Crippen LogP contribution in [0.25, 0.3) is 0 Å². The average Bonchev–Trinajstić information content (AvgIpc) is 2.48. The number of nitrogens with zero attached hydrogens (tertiary/aromatic N) is 3. The number of rotatable bonds is 5. The molecule has 6 heteroatoms. The Balaban J connectivity index is 2.17. The molecule has 0 amide bonds. The SMILES string of the molecule is CN(Cc1ccncc1)S(=O)(=O)Cc1ccccc1C#N. The molecule has 5 nitrogen and oxygen atoms in total. The molecule has 0 atom stereocenters. The van der Waals surface area contributed by atoms with Crippen LogP contribution in [-0.4, -0.2) is 24.8 Å². The monoisotopic (exact) mass is 301 g/mol. The van der Waals surface area contributed by atoms with Gasteiger partial charge in [0, 0.05) is 26.0 Å². The summed E-state index contributed by atoms with van der Waals surface area (Å²) in [7, 11) is -1.95. The van der Waals surface area contributed by atoms with Gasteiger partial charge in [-0.2, -0.15) is 5.26 Å². The summed E-state index contributed by atoms with van der Waals surface area (Å²) in [4.78, 5) is 3.90. The topological polar surface area (TPSA) is 74.1 Å². The zero-order valence-corrected chi connectivity index (χ0v) is 12.4. The van der Waals surface area contributed by atoms with Crippen LogP contribution in [0, 0.1) is 11.3 Å². The van der Waals surface area contributed by atoms with E-state index in [1.807, 2.05) is 6.07 Å². The molecule has 0 radical (unpaired) electrons. The average molecular weight is 301 g/mol. The number of sulfonamides is 1. The fourth-order valence-electron chi connectivity index (χ4n) is 1.91. The summed E-state index contributed by atoms with van der Waals surface area (Å²) in [5.74, 6) is -0.182. The van der Waals surface area contributed by atoms with Gasteiger partial charge in [-0.05, 0) is 29.3 Å². The third-order valence-electron chi connectivity index (χ3n) is 3.11. The number of benzene rings is 1. The van der Waals surface area contributed by atoms with E-state index in [4.69, 9.17) is 5.26 Å². The Morgan fingerprint density at radius 3 is 2.52 bits per heavy atom. The maximum absolute atomic E-state index is 12.4. The van der Waals surface area contributed by atoms with E-state index in [-0.39, 0.29) is 12.3 Å². The molecule has 0 saturated carbocycles. The Labute approximate surface area is 124 Å². The highest BCUT2D eigenvalue weighted by atomic mass is 32.2. The van der Waals surface area contributed by atoms with Gasteiger partial charge in [0.05, 0.1) is 17.4 Å². The maximum Gasteiger partial charge on any atom is 0.218 e. The fraction of sp³-hybridized carbons (Fsp3) is 0.200. The smallest absolute Gasteiger partial charge is 0.218 e. The highest BCUT2D eigenvalue weighted by Gasteiger charge is 2.20. The van der Waals surface area contributed by atoms with Gasteiger partial charge in [-0.3, -0.25) is 4.98 Å². The van der Waals surface area contributed by atoms with Crippen LogP contribution < -0.4 is 0 Å². The predicted octanol–water partition coefficient (Wildman–Crippen LogP) is 1.92. The van der Waals surface area contributed by atoms with Crippen molar-refractivity contribution in [3.8, 4) is 6.07 Å². The lowest BCUT2D eigenvalue weighted by molar-refractivity contribution is 0.465. The van der Waals surface area contributed by atoms with Gasteiger partial charge in [-0.1, -0.05) is 18.2 Å². The lowest BCUT2D eigenvalue weighted by atomic mass is 10.1. The molecular formula is C15H15N3O2S. The van der Waals surface area contributed by atoms with E-state index in [2.05, 4.69) is 4.98 Å². The van der Waals surface area contributed by atoms with Crippen molar-refractivity contribution < 1.29 is 8.42 Å². The van der Waals surface area contributed by atoms with Gasteiger partial charge in [0.25, 0.3) is 0 Å². The minimum atomic E-state index is -3.48. The van der Waals surface area contributed by atoms with Crippen LogP contribution in [0.2, 0.25) is 0 Å². The molecule has 1 aromatic heterocycles. The summed E-state index contributed by atoms with van der Waals surface area (Å²) in [6, 6.07) is 12.3. The highest BCUT2D eigenvalue weighted by molar-refractivity contribution is 7.88. The van der Waals surface area contributed by atoms with Crippen molar-refractivity contribution in [3.05, 3.63) is 65.5 Å². The van der Waals surface area contributed by atoms with E-state index in [0.29, 0.717) is 11.1 Å². The molecule has 0 N–H and O–H groups in total. The number of pyridine rings is 1. The zero-order chi connectivity index (χ0) is 15.3. The summed E-state index contributed by atoms with van der Waals surface area (Å²) in [5.41, 5.74) is 1.77. The Morgan fingerprint density at radius 2 is 1.86 bits per heavy atom. The molecule has 108 valence electrons. The third-order valence-corrected chi connectivity index (χ3v) is 4.86. The largest absolute Gasteiger partial charge is 0.265 e. The molecule has 0 aliphatic carbocycles. The molecule has 2 rings (SSSR count). The molecule has 1 aromatic carbocycles. The summed E-state index contributed by atoms with van der Waals surface area (Å²) < 4.78 is 26.0. The van der Waals surface area contributed by atoms with E-state index in [0.717, 1.165) is 5.56 Å². The molecule has 0 aliphatic rings. The second kappa shape index (κ2) is 6.48. The van der Waals surface area contributed by atoms with Crippen molar-refractivity contribution >= 4 is 10.0 Å². The van der Waals surface area contributed by atoms with E-state index >= 15 is 0 Å². The van der Waals surface area contributed by atoms with Gasteiger partial charge in [-0.15, -0.1) is 0 Å². The zero-order valence-electron chi connectivity index (χ0n) is 11.6.